The molecular weight excluding hydrogens is 336 g/mol. The maximum absolute atomic E-state index is 12.6. The first kappa shape index (κ1) is 19.3. The van der Waals surface area contributed by atoms with E-state index in [1.807, 2.05) is 13.0 Å². The number of carbonyl (C=O) groups excluding carboxylic acids is 2. The van der Waals surface area contributed by atoms with Gasteiger partial charge in [-0.25, -0.2) is 0 Å². The lowest BCUT2D eigenvalue weighted by Gasteiger charge is -2.32. The molecule has 1 aliphatic heterocycles. The number of ketones is 1. The molecule has 0 saturated carbocycles. The molecule has 0 unspecified atom stereocenters. The van der Waals surface area contributed by atoms with Crippen LogP contribution in [0.2, 0.25) is 0 Å². The largest absolute Gasteiger partial charge is 0.325 e. The fraction of sp³-hybridized carbons (Fsp3) is 0.391. The van der Waals surface area contributed by atoms with Crippen molar-refractivity contribution in [2.24, 2.45) is 5.92 Å². The highest BCUT2D eigenvalue weighted by Crippen LogP contribution is 2.17. The Hall–Kier alpha value is -2.46. The predicted molar refractivity (Wildman–Crippen MR) is 108 cm³/mol. The Morgan fingerprint density at radius 1 is 1.07 bits per heavy atom. The molecule has 1 fully saturated rings. The third-order valence-electron chi connectivity index (χ3n) is 5.66. The van der Waals surface area contributed by atoms with Gasteiger partial charge in [-0.3, -0.25) is 9.59 Å². The lowest BCUT2D eigenvalue weighted by Crippen LogP contribution is -3.17. The fourth-order valence-corrected chi connectivity index (χ4v) is 3.88. The molecule has 1 amide bonds. The number of anilines is 1. The van der Waals surface area contributed by atoms with Crippen molar-refractivity contribution in [3.8, 4) is 0 Å². The van der Waals surface area contributed by atoms with E-state index >= 15 is 0 Å². The number of amides is 1. The molecule has 2 aromatic carbocycles. The number of Topliss-reactive ketones (excluding diaryl/α,β-unsaturated/α-hetero) is 1. The Morgan fingerprint density at radius 3 is 2.44 bits per heavy atom. The van der Waals surface area contributed by atoms with E-state index in [1.165, 1.54) is 17.4 Å². The minimum atomic E-state index is -0.0938. The van der Waals surface area contributed by atoms with Crippen LogP contribution in [0.15, 0.2) is 54.6 Å². The second kappa shape index (κ2) is 8.96. The smallest absolute Gasteiger partial charge is 0.282 e. The number of quaternary nitrogens is 1. The normalized spacial score (nSPS) is 20.7. The molecule has 1 saturated heterocycles. The fourth-order valence-electron chi connectivity index (χ4n) is 3.88. The van der Waals surface area contributed by atoms with E-state index in [0.717, 1.165) is 32.4 Å². The molecule has 4 heteroatoms. The van der Waals surface area contributed by atoms with Crippen LogP contribution in [-0.4, -0.2) is 30.8 Å². The average molecular weight is 365 g/mol. The molecule has 2 N–H and O–H groups in total. The summed E-state index contributed by atoms with van der Waals surface area (Å²) in [6.45, 7) is 5.59. The SMILES string of the molecule is CC(=O)c1cccc(NC(=O)[C@H](C)[NH+]2CCC(Cc3ccccc3)CC2)c1. The number of hydrogen-bond donors (Lipinski definition) is 2. The Morgan fingerprint density at radius 2 is 1.78 bits per heavy atom. The molecule has 3 rings (SSSR count). The van der Waals surface area contributed by atoms with Gasteiger partial charge in [0.1, 0.15) is 0 Å². The van der Waals surface area contributed by atoms with Crippen molar-refractivity contribution < 1.29 is 14.5 Å². The van der Waals surface area contributed by atoms with Gasteiger partial charge in [-0.2, -0.15) is 0 Å². The molecule has 27 heavy (non-hydrogen) atoms. The van der Waals surface area contributed by atoms with Crippen LogP contribution in [-0.2, 0) is 11.2 Å². The van der Waals surface area contributed by atoms with Gasteiger partial charge in [-0.05, 0) is 56.7 Å². The molecule has 0 bridgehead atoms. The first-order valence-corrected chi connectivity index (χ1v) is 9.83. The molecule has 1 heterocycles. The van der Waals surface area contributed by atoms with Crippen LogP contribution in [0.4, 0.5) is 5.69 Å². The molecule has 1 aliphatic rings. The summed E-state index contributed by atoms with van der Waals surface area (Å²) in [5.74, 6) is 0.733. The summed E-state index contributed by atoms with van der Waals surface area (Å²) < 4.78 is 0. The molecular formula is C23H29N2O2+. The first-order chi connectivity index (χ1) is 13.0. The molecule has 1 atom stereocenters. The van der Waals surface area contributed by atoms with Crippen LogP contribution in [0.25, 0.3) is 0 Å². The zero-order valence-electron chi connectivity index (χ0n) is 16.2. The van der Waals surface area contributed by atoms with Crippen LogP contribution < -0.4 is 10.2 Å². The molecule has 0 radical (unpaired) electrons. The van der Waals surface area contributed by atoms with E-state index in [1.54, 1.807) is 18.2 Å². The maximum Gasteiger partial charge on any atom is 0.282 e. The predicted octanol–water partition coefficient (Wildman–Crippen LogP) is 2.75. The van der Waals surface area contributed by atoms with E-state index < -0.39 is 0 Å². The van der Waals surface area contributed by atoms with Crippen molar-refractivity contribution >= 4 is 17.4 Å². The Balaban J connectivity index is 1.51. The number of nitrogens with one attached hydrogen (secondary N) is 2. The van der Waals surface area contributed by atoms with Gasteiger partial charge in [0, 0.05) is 11.3 Å². The lowest BCUT2D eigenvalue weighted by molar-refractivity contribution is -0.919. The van der Waals surface area contributed by atoms with Gasteiger partial charge in [0.05, 0.1) is 13.1 Å². The van der Waals surface area contributed by atoms with Crippen LogP contribution in [0.5, 0.6) is 0 Å². The summed E-state index contributed by atoms with van der Waals surface area (Å²) in [6, 6.07) is 17.7. The minimum Gasteiger partial charge on any atom is -0.325 e. The van der Waals surface area contributed by atoms with Crippen molar-refractivity contribution in [1.29, 1.82) is 0 Å². The molecule has 0 spiro atoms. The number of piperidine rings is 1. The van der Waals surface area contributed by atoms with Crippen LogP contribution in [0.3, 0.4) is 0 Å². The Kier molecular flexibility index (Phi) is 6.40. The van der Waals surface area contributed by atoms with Gasteiger partial charge in [-0.15, -0.1) is 0 Å². The van der Waals surface area contributed by atoms with Crippen molar-refractivity contribution in [2.45, 2.75) is 39.2 Å². The molecule has 2 aromatic rings. The van der Waals surface area contributed by atoms with Gasteiger partial charge in [-0.1, -0.05) is 42.5 Å². The Bertz CT molecular complexity index is 780. The lowest BCUT2D eigenvalue weighted by atomic mass is 9.89. The van der Waals surface area contributed by atoms with Crippen molar-refractivity contribution in [3.05, 3.63) is 65.7 Å². The molecule has 142 valence electrons. The second-order valence-electron chi connectivity index (χ2n) is 7.64. The third kappa shape index (κ3) is 5.27. The number of rotatable bonds is 6. The number of hydrogen-bond acceptors (Lipinski definition) is 2. The summed E-state index contributed by atoms with van der Waals surface area (Å²) >= 11 is 0. The van der Waals surface area contributed by atoms with E-state index in [9.17, 15) is 9.59 Å². The standard InChI is InChI=1S/C23H28N2O2/c1-17(23(27)24-22-10-6-9-21(16-22)18(2)26)25-13-11-20(12-14-25)15-19-7-4-3-5-8-19/h3-10,16-17,20H,11-15H2,1-2H3,(H,24,27)/p+1/t17-/m0/s1. The summed E-state index contributed by atoms with van der Waals surface area (Å²) in [6.07, 6.45) is 3.44. The first-order valence-electron chi connectivity index (χ1n) is 9.83. The van der Waals surface area contributed by atoms with Gasteiger partial charge in [0.15, 0.2) is 11.8 Å². The number of likely N-dealkylation sites (tertiary alicyclic amines) is 1. The van der Waals surface area contributed by atoms with Gasteiger partial charge in [0.2, 0.25) is 0 Å². The van der Waals surface area contributed by atoms with E-state index in [2.05, 4.69) is 35.6 Å². The molecule has 0 aliphatic carbocycles. The third-order valence-corrected chi connectivity index (χ3v) is 5.66. The summed E-state index contributed by atoms with van der Waals surface area (Å²) in [4.78, 5) is 25.5. The van der Waals surface area contributed by atoms with Crippen molar-refractivity contribution in [3.63, 3.8) is 0 Å². The van der Waals surface area contributed by atoms with E-state index in [-0.39, 0.29) is 17.7 Å². The maximum atomic E-state index is 12.6. The van der Waals surface area contributed by atoms with Gasteiger partial charge in [0.25, 0.3) is 5.91 Å². The topological polar surface area (TPSA) is 50.6 Å². The zero-order valence-corrected chi connectivity index (χ0v) is 16.2. The van der Waals surface area contributed by atoms with Crippen LogP contribution in [0.1, 0.15) is 42.6 Å². The van der Waals surface area contributed by atoms with Crippen LogP contribution in [0, 0.1) is 5.92 Å². The Labute approximate surface area is 161 Å². The summed E-state index contributed by atoms with van der Waals surface area (Å²) in [5.41, 5.74) is 2.72. The minimum absolute atomic E-state index is 0.00487. The van der Waals surface area contributed by atoms with Gasteiger partial charge < -0.3 is 10.2 Å². The highest BCUT2D eigenvalue weighted by atomic mass is 16.2. The number of benzene rings is 2. The summed E-state index contributed by atoms with van der Waals surface area (Å²) in [5, 5.41) is 2.97. The van der Waals surface area contributed by atoms with Gasteiger partial charge >= 0.3 is 0 Å². The average Bonchev–Trinajstić information content (AvgIpc) is 2.69. The summed E-state index contributed by atoms with van der Waals surface area (Å²) in [7, 11) is 0. The molecule has 0 aromatic heterocycles. The molecule has 4 nitrogen and oxygen atoms in total. The second-order valence-corrected chi connectivity index (χ2v) is 7.64. The quantitative estimate of drug-likeness (QED) is 0.774. The van der Waals surface area contributed by atoms with Crippen molar-refractivity contribution in [2.75, 3.05) is 18.4 Å². The van der Waals surface area contributed by atoms with Crippen LogP contribution >= 0.6 is 0 Å². The monoisotopic (exact) mass is 365 g/mol. The zero-order chi connectivity index (χ0) is 19.2. The highest BCUT2D eigenvalue weighted by molar-refractivity contribution is 5.97. The van der Waals surface area contributed by atoms with E-state index in [4.69, 9.17) is 0 Å². The number of carbonyl (C=O) groups is 2. The highest BCUT2D eigenvalue weighted by Gasteiger charge is 2.30. The van der Waals surface area contributed by atoms with Crippen molar-refractivity contribution in [1.82, 2.24) is 0 Å². The van der Waals surface area contributed by atoms with E-state index in [0.29, 0.717) is 17.2 Å².